The van der Waals surface area contributed by atoms with Crippen LogP contribution in [0.15, 0.2) is 18.2 Å². The molecule has 0 saturated heterocycles. The van der Waals surface area contributed by atoms with Crippen molar-refractivity contribution in [2.24, 2.45) is 5.41 Å². The number of carbonyl (C=O) groups is 1. The number of nitrogens with one attached hydrogen (secondary N) is 2. The second-order valence-electron chi connectivity index (χ2n) is 4.82. The molecule has 1 aromatic carbocycles. The summed E-state index contributed by atoms with van der Waals surface area (Å²) in [5.41, 5.74) is 0.201. The molecule has 1 aliphatic rings. The zero-order chi connectivity index (χ0) is 13.9. The monoisotopic (exact) mass is 268 g/mol. The number of urea groups is 1. The topological polar surface area (TPSA) is 70.6 Å². The third kappa shape index (κ3) is 3.35. The molecule has 1 fully saturated rings. The molecular weight excluding hydrogens is 251 g/mol. The second-order valence-corrected chi connectivity index (χ2v) is 4.82. The van der Waals surface area contributed by atoms with Crippen molar-refractivity contribution < 1.29 is 19.0 Å². The molecular formula is C13H17FN2O3. The van der Waals surface area contributed by atoms with Crippen LogP contribution >= 0.6 is 0 Å². The lowest BCUT2D eigenvalue weighted by molar-refractivity contribution is 0.206. The first-order valence-electron chi connectivity index (χ1n) is 6.08. The number of amides is 2. The van der Waals surface area contributed by atoms with Gasteiger partial charge >= 0.3 is 6.03 Å². The van der Waals surface area contributed by atoms with Crippen LogP contribution in [0.3, 0.4) is 0 Å². The van der Waals surface area contributed by atoms with E-state index in [2.05, 4.69) is 10.6 Å². The third-order valence-corrected chi connectivity index (χ3v) is 3.33. The number of ether oxygens (including phenoxy) is 1. The van der Waals surface area contributed by atoms with Gasteiger partial charge in [-0.25, -0.2) is 9.18 Å². The molecule has 0 spiro atoms. The van der Waals surface area contributed by atoms with Gasteiger partial charge in [0.2, 0.25) is 0 Å². The predicted octanol–water partition coefficient (Wildman–Crippen LogP) is 1.73. The van der Waals surface area contributed by atoms with E-state index in [9.17, 15) is 9.18 Å². The zero-order valence-corrected chi connectivity index (χ0v) is 10.7. The van der Waals surface area contributed by atoms with Gasteiger partial charge in [-0.1, -0.05) is 0 Å². The Morgan fingerprint density at radius 3 is 2.79 bits per heavy atom. The summed E-state index contributed by atoms with van der Waals surface area (Å²) in [7, 11) is 1.38. The van der Waals surface area contributed by atoms with Crippen LogP contribution in [0.5, 0.6) is 5.75 Å². The van der Waals surface area contributed by atoms with E-state index in [4.69, 9.17) is 9.84 Å². The van der Waals surface area contributed by atoms with Crippen molar-refractivity contribution >= 4 is 11.7 Å². The van der Waals surface area contributed by atoms with E-state index in [0.29, 0.717) is 12.2 Å². The average Bonchev–Trinajstić information content (AvgIpc) is 3.17. The predicted molar refractivity (Wildman–Crippen MR) is 68.7 cm³/mol. The zero-order valence-electron chi connectivity index (χ0n) is 10.7. The Balaban J connectivity index is 1.86. The summed E-state index contributed by atoms with van der Waals surface area (Å²) in [6.45, 7) is 0.498. The number of methoxy groups -OCH3 is 1. The van der Waals surface area contributed by atoms with Crippen LogP contribution < -0.4 is 15.4 Å². The summed E-state index contributed by atoms with van der Waals surface area (Å²) < 4.78 is 18.2. The maximum atomic E-state index is 13.4. The van der Waals surface area contributed by atoms with Crippen molar-refractivity contribution in [3.8, 4) is 5.75 Å². The fourth-order valence-electron chi connectivity index (χ4n) is 1.75. The molecule has 0 unspecified atom stereocenters. The van der Waals surface area contributed by atoms with Crippen molar-refractivity contribution in [1.29, 1.82) is 0 Å². The van der Waals surface area contributed by atoms with Crippen molar-refractivity contribution in [3.63, 3.8) is 0 Å². The van der Waals surface area contributed by atoms with Crippen LogP contribution in [0.2, 0.25) is 0 Å². The van der Waals surface area contributed by atoms with E-state index in [1.54, 1.807) is 6.07 Å². The number of rotatable bonds is 5. The number of anilines is 1. The fraction of sp³-hybridized carbons (Fsp3) is 0.462. The molecule has 3 N–H and O–H groups in total. The fourth-order valence-corrected chi connectivity index (χ4v) is 1.75. The SMILES string of the molecule is COc1ccc(NC(=O)NCC2(CO)CC2)cc1F. The standard InChI is InChI=1S/C13H17FN2O3/c1-19-11-3-2-9(6-10(11)14)16-12(18)15-7-13(8-17)4-5-13/h2-3,6,17H,4-5,7-8H2,1H3,(H2,15,16,18). The number of halogens is 1. The Kier molecular flexibility index (Phi) is 3.90. The maximum Gasteiger partial charge on any atom is 0.319 e. The molecule has 0 aliphatic heterocycles. The van der Waals surface area contributed by atoms with Crippen LogP contribution in [0.25, 0.3) is 0 Å². The lowest BCUT2D eigenvalue weighted by Crippen LogP contribution is -2.35. The molecule has 0 bridgehead atoms. The minimum absolute atomic E-state index is 0.0739. The number of benzene rings is 1. The van der Waals surface area contributed by atoms with E-state index in [1.807, 2.05) is 0 Å². The van der Waals surface area contributed by atoms with Gasteiger partial charge in [-0.2, -0.15) is 0 Å². The Morgan fingerprint density at radius 1 is 1.53 bits per heavy atom. The van der Waals surface area contributed by atoms with Crippen LogP contribution in [-0.4, -0.2) is 31.4 Å². The summed E-state index contributed by atoms with van der Waals surface area (Å²) in [4.78, 5) is 11.6. The minimum atomic E-state index is -0.533. The molecule has 2 amide bonds. The molecule has 2 rings (SSSR count). The van der Waals surface area contributed by atoms with Gasteiger partial charge in [0.15, 0.2) is 11.6 Å². The molecule has 0 atom stereocenters. The van der Waals surface area contributed by atoms with Gasteiger partial charge in [0.1, 0.15) is 0 Å². The maximum absolute atomic E-state index is 13.4. The highest BCUT2D eigenvalue weighted by Gasteiger charge is 2.42. The smallest absolute Gasteiger partial charge is 0.319 e. The van der Waals surface area contributed by atoms with Gasteiger partial charge in [0.25, 0.3) is 0 Å². The van der Waals surface area contributed by atoms with E-state index >= 15 is 0 Å². The Morgan fingerprint density at radius 2 is 2.26 bits per heavy atom. The normalized spacial score (nSPS) is 15.7. The average molecular weight is 268 g/mol. The van der Waals surface area contributed by atoms with Gasteiger partial charge in [-0.05, 0) is 25.0 Å². The molecule has 6 heteroatoms. The first-order chi connectivity index (χ1) is 9.08. The highest BCUT2D eigenvalue weighted by Crippen LogP contribution is 2.44. The quantitative estimate of drug-likeness (QED) is 0.761. The highest BCUT2D eigenvalue weighted by molar-refractivity contribution is 5.89. The van der Waals surface area contributed by atoms with E-state index in [0.717, 1.165) is 12.8 Å². The van der Waals surface area contributed by atoms with Crippen LogP contribution in [0.1, 0.15) is 12.8 Å². The van der Waals surface area contributed by atoms with Gasteiger partial charge in [0.05, 0.1) is 13.7 Å². The van der Waals surface area contributed by atoms with Crippen molar-refractivity contribution in [2.45, 2.75) is 12.8 Å². The largest absolute Gasteiger partial charge is 0.494 e. The third-order valence-electron chi connectivity index (χ3n) is 3.33. The first kappa shape index (κ1) is 13.6. The molecule has 5 nitrogen and oxygen atoms in total. The molecule has 0 radical (unpaired) electrons. The summed E-state index contributed by atoms with van der Waals surface area (Å²) in [6.07, 6.45) is 1.84. The Hall–Kier alpha value is -1.82. The summed E-state index contributed by atoms with van der Waals surface area (Å²) >= 11 is 0. The van der Waals surface area contributed by atoms with E-state index < -0.39 is 11.8 Å². The van der Waals surface area contributed by atoms with Gasteiger partial charge in [-0.15, -0.1) is 0 Å². The summed E-state index contributed by atoms with van der Waals surface area (Å²) in [5, 5.41) is 14.3. The molecule has 1 saturated carbocycles. The van der Waals surface area contributed by atoms with E-state index in [1.165, 1.54) is 19.2 Å². The molecule has 19 heavy (non-hydrogen) atoms. The highest BCUT2D eigenvalue weighted by atomic mass is 19.1. The first-order valence-corrected chi connectivity index (χ1v) is 6.08. The molecule has 1 aromatic rings. The second kappa shape index (κ2) is 5.44. The summed E-state index contributed by atoms with van der Waals surface area (Å²) in [5.74, 6) is -0.405. The van der Waals surface area contributed by atoms with Crippen molar-refractivity contribution in [2.75, 3.05) is 25.6 Å². The Labute approximate surface area is 110 Å². The van der Waals surface area contributed by atoms with Gasteiger partial charge in [0, 0.05) is 23.7 Å². The molecule has 1 aliphatic carbocycles. The van der Waals surface area contributed by atoms with E-state index in [-0.39, 0.29) is 17.8 Å². The van der Waals surface area contributed by atoms with Crippen LogP contribution in [-0.2, 0) is 0 Å². The summed E-state index contributed by atoms with van der Waals surface area (Å²) in [6, 6.07) is 3.78. The number of hydrogen-bond donors (Lipinski definition) is 3. The minimum Gasteiger partial charge on any atom is -0.494 e. The number of aliphatic hydroxyl groups excluding tert-OH is 1. The van der Waals surface area contributed by atoms with Crippen molar-refractivity contribution in [3.05, 3.63) is 24.0 Å². The van der Waals surface area contributed by atoms with Gasteiger partial charge in [-0.3, -0.25) is 0 Å². The number of aliphatic hydroxyl groups is 1. The molecule has 104 valence electrons. The van der Waals surface area contributed by atoms with Crippen LogP contribution in [0, 0.1) is 11.2 Å². The van der Waals surface area contributed by atoms with Gasteiger partial charge < -0.3 is 20.5 Å². The number of carbonyl (C=O) groups excluding carboxylic acids is 1. The Bertz CT molecular complexity index is 475. The lowest BCUT2D eigenvalue weighted by Gasteiger charge is -2.13. The lowest BCUT2D eigenvalue weighted by atomic mass is 10.1. The number of hydrogen-bond acceptors (Lipinski definition) is 3. The molecule has 0 heterocycles. The van der Waals surface area contributed by atoms with Crippen LogP contribution in [0.4, 0.5) is 14.9 Å². The van der Waals surface area contributed by atoms with Crippen molar-refractivity contribution in [1.82, 2.24) is 5.32 Å². The molecule has 0 aromatic heterocycles.